The third-order valence-electron chi connectivity index (χ3n) is 5.36. The second-order valence-corrected chi connectivity index (χ2v) is 8.73. The number of hydrogen-bond acceptors (Lipinski definition) is 4. The summed E-state index contributed by atoms with van der Waals surface area (Å²) in [6.07, 6.45) is 2.54. The minimum atomic E-state index is -0.102. The lowest BCUT2D eigenvalue weighted by atomic mass is 10.0. The van der Waals surface area contributed by atoms with Crippen molar-refractivity contribution in [2.24, 2.45) is 10.2 Å². The Labute approximate surface area is 181 Å². The molecule has 0 spiro atoms. The van der Waals surface area contributed by atoms with Gasteiger partial charge >= 0.3 is 0 Å². The fourth-order valence-corrected chi connectivity index (χ4v) is 4.73. The largest absolute Gasteiger partial charge is 0.284 e. The average Bonchev–Trinajstić information content (AvgIpc) is 3.05. The molecule has 0 N–H and O–H groups in total. The van der Waals surface area contributed by atoms with Crippen LogP contribution in [0.2, 0.25) is 0 Å². The first kappa shape index (κ1) is 20.4. The molecule has 0 unspecified atom stereocenters. The minimum absolute atomic E-state index is 0.102. The molecule has 0 radical (unpaired) electrons. The average molecular weight is 416 g/mol. The highest BCUT2D eigenvalue weighted by Crippen LogP contribution is 2.32. The summed E-state index contributed by atoms with van der Waals surface area (Å²) in [5.41, 5.74) is 4.53. The van der Waals surface area contributed by atoms with Crippen molar-refractivity contribution in [1.29, 1.82) is 0 Å². The van der Waals surface area contributed by atoms with Crippen LogP contribution in [0.15, 0.2) is 70.9 Å². The van der Waals surface area contributed by atoms with Crippen molar-refractivity contribution in [2.75, 3.05) is 0 Å². The van der Waals surface area contributed by atoms with Crippen LogP contribution >= 0.6 is 11.8 Å². The molecule has 1 heterocycles. The summed E-state index contributed by atoms with van der Waals surface area (Å²) >= 11 is 1.51. The van der Waals surface area contributed by atoms with Gasteiger partial charge in [-0.15, -0.1) is 5.10 Å². The third kappa shape index (κ3) is 4.17. The van der Waals surface area contributed by atoms with Crippen LogP contribution in [0.1, 0.15) is 35.6 Å². The summed E-state index contributed by atoms with van der Waals surface area (Å²) in [4.78, 5) is 14.8. The number of carbonyl (C=O) groups excluding carboxylic acids is 1. The summed E-state index contributed by atoms with van der Waals surface area (Å²) < 4.78 is 0. The zero-order chi connectivity index (χ0) is 21.1. The van der Waals surface area contributed by atoms with Crippen LogP contribution in [-0.4, -0.2) is 27.4 Å². The molecule has 1 amide bonds. The van der Waals surface area contributed by atoms with Gasteiger partial charge in [0.05, 0.1) is 18.0 Å². The predicted molar refractivity (Wildman–Crippen MR) is 127 cm³/mol. The number of amidine groups is 1. The Hall–Kier alpha value is -2.92. The molecule has 4 nitrogen and oxygen atoms in total. The van der Waals surface area contributed by atoms with Gasteiger partial charge in [-0.05, 0) is 47.7 Å². The molecular weight excluding hydrogens is 390 g/mol. The van der Waals surface area contributed by atoms with Gasteiger partial charge in [0.2, 0.25) is 5.91 Å². The standard InChI is InChI=1S/C25H25N3OS/c1-4-23-24(29)28(16-21-10-7-9-19-8-5-6-11-22(19)21)25(30-23)27-26-15-20-13-12-17(2)14-18(20)3/h5-15,23H,4,16H2,1-3H3/b26-15-,27-25-/t23-/m0/s1. The molecule has 152 valence electrons. The molecule has 1 saturated heterocycles. The quantitative estimate of drug-likeness (QED) is 0.396. The van der Waals surface area contributed by atoms with E-state index in [9.17, 15) is 4.79 Å². The van der Waals surface area contributed by atoms with Crippen LogP contribution < -0.4 is 0 Å². The van der Waals surface area contributed by atoms with Crippen LogP contribution in [0.3, 0.4) is 0 Å². The topological polar surface area (TPSA) is 45.0 Å². The number of rotatable bonds is 5. The summed E-state index contributed by atoms with van der Waals surface area (Å²) in [5.74, 6) is 0.107. The van der Waals surface area contributed by atoms with Gasteiger partial charge in [-0.1, -0.05) is 84.9 Å². The number of thioether (sulfide) groups is 1. The number of fused-ring (bicyclic) bond motifs is 1. The van der Waals surface area contributed by atoms with Gasteiger partial charge < -0.3 is 0 Å². The molecule has 4 rings (SSSR count). The highest BCUT2D eigenvalue weighted by Gasteiger charge is 2.37. The molecule has 3 aromatic rings. The highest BCUT2D eigenvalue weighted by molar-refractivity contribution is 8.15. The van der Waals surface area contributed by atoms with Gasteiger partial charge in [0, 0.05) is 0 Å². The van der Waals surface area contributed by atoms with E-state index in [4.69, 9.17) is 0 Å². The molecule has 0 aliphatic carbocycles. The number of nitrogens with zero attached hydrogens (tertiary/aromatic N) is 3. The first-order chi connectivity index (χ1) is 14.6. The van der Waals surface area contributed by atoms with Crippen molar-refractivity contribution in [3.8, 4) is 0 Å². The Balaban J connectivity index is 1.63. The first-order valence-corrected chi connectivity index (χ1v) is 11.1. The molecule has 1 aliphatic rings. The predicted octanol–water partition coefficient (Wildman–Crippen LogP) is 5.70. The smallest absolute Gasteiger partial charge is 0.242 e. The van der Waals surface area contributed by atoms with Crippen molar-refractivity contribution in [2.45, 2.75) is 39.0 Å². The van der Waals surface area contributed by atoms with Crippen molar-refractivity contribution in [1.82, 2.24) is 4.90 Å². The van der Waals surface area contributed by atoms with Crippen LogP contribution in [0.4, 0.5) is 0 Å². The van der Waals surface area contributed by atoms with E-state index in [0.717, 1.165) is 28.5 Å². The van der Waals surface area contributed by atoms with Crippen LogP contribution in [0.5, 0.6) is 0 Å². The van der Waals surface area contributed by atoms with Crippen LogP contribution in [-0.2, 0) is 11.3 Å². The molecular formula is C25H25N3OS. The van der Waals surface area contributed by atoms with Gasteiger partial charge in [-0.2, -0.15) is 5.10 Å². The maximum absolute atomic E-state index is 13.0. The maximum atomic E-state index is 13.0. The van der Waals surface area contributed by atoms with Gasteiger partial charge in [-0.3, -0.25) is 9.69 Å². The van der Waals surface area contributed by atoms with Gasteiger partial charge in [0.25, 0.3) is 0 Å². The Morgan fingerprint density at radius 2 is 1.87 bits per heavy atom. The van der Waals surface area contributed by atoms with Gasteiger partial charge in [0.1, 0.15) is 0 Å². The van der Waals surface area contributed by atoms with Gasteiger partial charge in [0.15, 0.2) is 5.17 Å². The molecule has 0 saturated carbocycles. The van der Waals surface area contributed by atoms with E-state index in [2.05, 4.69) is 60.4 Å². The number of hydrogen-bond donors (Lipinski definition) is 0. The van der Waals surface area contributed by atoms with E-state index in [-0.39, 0.29) is 11.2 Å². The summed E-state index contributed by atoms with van der Waals surface area (Å²) in [7, 11) is 0. The van der Waals surface area contributed by atoms with Crippen LogP contribution in [0, 0.1) is 13.8 Å². The number of amides is 1. The van der Waals surface area contributed by atoms with E-state index in [1.165, 1.54) is 22.7 Å². The lowest BCUT2D eigenvalue weighted by Crippen LogP contribution is -2.31. The second kappa shape index (κ2) is 8.84. The van der Waals surface area contributed by atoms with E-state index in [1.54, 1.807) is 11.1 Å². The van der Waals surface area contributed by atoms with Crippen molar-refractivity contribution in [3.05, 3.63) is 82.9 Å². The molecule has 0 bridgehead atoms. The van der Waals surface area contributed by atoms with Crippen molar-refractivity contribution in [3.63, 3.8) is 0 Å². The van der Waals surface area contributed by atoms with E-state index < -0.39 is 0 Å². The lowest BCUT2D eigenvalue weighted by molar-refractivity contribution is -0.126. The van der Waals surface area contributed by atoms with Crippen LogP contribution in [0.25, 0.3) is 10.8 Å². The number of aryl methyl sites for hydroxylation is 2. The molecule has 1 fully saturated rings. The Bertz CT molecular complexity index is 1150. The first-order valence-electron chi connectivity index (χ1n) is 10.2. The number of benzene rings is 3. The lowest BCUT2D eigenvalue weighted by Gasteiger charge is -2.17. The van der Waals surface area contributed by atoms with Crippen molar-refractivity contribution >= 4 is 39.8 Å². The second-order valence-electron chi connectivity index (χ2n) is 7.56. The maximum Gasteiger partial charge on any atom is 0.242 e. The number of carbonyl (C=O) groups is 1. The molecule has 1 aliphatic heterocycles. The SMILES string of the molecule is CC[C@@H]1S/C(=N\N=C/c2ccc(C)cc2C)N(Cc2cccc3ccccc23)C1=O. The zero-order valence-electron chi connectivity index (χ0n) is 17.5. The fourth-order valence-electron chi connectivity index (χ4n) is 3.70. The molecule has 0 aromatic heterocycles. The summed E-state index contributed by atoms with van der Waals surface area (Å²) in [6.45, 7) is 6.68. The van der Waals surface area contributed by atoms with Crippen molar-refractivity contribution < 1.29 is 4.79 Å². The molecule has 5 heteroatoms. The Morgan fingerprint density at radius 1 is 1.07 bits per heavy atom. The fraction of sp³-hybridized carbons (Fsp3) is 0.240. The monoisotopic (exact) mass is 415 g/mol. The normalized spacial score (nSPS) is 18.2. The summed E-state index contributed by atoms with van der Waals surface area (Å²) in [6, 6.07) is 20.7. The molecule has 1 atom stereocenters. The Morgan fingerprint density at radius 3 is 2.67 bits per heavy atom. The summed E-state index contributed by atoms with van der Waals surface area (Å²) in [5, 5.41) is 11.7. The minimum Gasteiger partial charge on any atom is -0.284 e. The molecule has 3 aromatic carbocycles. The third-order valence-corrected chi connectivity index (χ3v) is 6.70. The zero-order valence-corrected chi connectivity index (χ0v) is 18.3. The van der Waals surface area contributed by atoms with Gasteiger partial charge in [-0.25, -0.2) is 0 Å². The highest BCUT2D eigenvalue weighted by atomic mass is 32.2. The Kier molecular flexibility index (Phi) is 6.00. The van der Waals surface area contributed by atoms with E-state index in [0.29, 0.717) is 11.7 Å². The molecule has 30 heavy (non-hydrogen) atoms. The van der Waals surface area contributed by atoms with E-state index >= 15 is 0 Å². The van der Waals surface area contributed by atoms with E-state index in [1.807, 2.05) is 31.2 Å².